The van der Waals surface area contributed by atoms with E-state index < -0.39 is 16.0 Å². The van der Waals surface area contributed by atoms with Crippen LogP contribution in [0.1, 0.15) is 11.1 Å². The summed E-state index contributed by atoms with van der Waals surface area (Å²) in [6.45, 7) is 0. The van der Waals surface area contributed by atoms with Crippen LogP contribution in [0.2, 0.25) is 0 Å². The Labute approximate surface area is 156 Å². The zero-order valence-electron chi connectivity index (χ0n) is 12.9. The molecule has 11 heteroatoms. The summed E-state index contributed by atoms with van der Waals surface area (Å²) in [6.07, 6.45) is -1.15. The van der Waals surface area contributed by atoms with Crippen molar-refractivity contribution in [2.45, 2.75) is 11.8 Å². The number of carbonyl (C=O) groups excluding carboxylic acids is 1. The number of nitrogens with zero attached hydrogens (tertiary/aromatic N) is 2. The van der Waals surface area contributed by atoms with Crippen LogP contribution >= 0.6 is 23.2 Å². The zero-order valence-corrected chi connectivity index (χ0v) is 14.4. The Hall–Kier alpha value is -2.91. The Kier molecular flexibility index (Phi) is 6.31. The molecule has 2 aromatic rings. The summed E-state index contributed by atoms with van der Waals surface area (Å²) < 4.78 is 10.0. The number of hydrogen-bond acceptors (Lipinski definition) is 7. The average molecular weight is 401 g/mol. The Morgan fingerprint density at radius 3 is 1.54 bits per heavy atom. The Balaban J connectivity index is 2.19. The molecule has 0 heterocycles. The van der Waals surface area contributed by atoms with Crippen LogP contribution in [-0.2, 0) is 11.8 Å². The highest BCUT2D eigenvalue weighted by Gasteiger charge is 2.18. The van der Waals surface area contributed by atoms with E-state index in [0.29, 0.717) is 0 Å². The Morgan fingerprint density at radius 1 is 0.846 bits per heavy atom. The molecular weight excluding hydrogens is 391 g/mol. The molecule has 0 amide bonds. The quantitative estimate of drug-likeness (QED) is 0.229. The van der Waals surface area contributed by atoms with Crippen molar-refractivity contribution in [3.63, 3.8) is 0 Å². The summed E-state index contributed by atoms with van der Waals surface area (Å²) in [5.41, 5.74) is 0.0282. The van der Waals surface area contributed by atoms with E-state index in [-0.39, 0.29) is 45.8 Å². The van der Waals surface area contributed by atoms with Crippen LogP contribution in [0.15, 0.2) is 36.4 Å². The third-order valence-corrected chi connectivity index (χ3v) is 3.76. The molecule has 0 atom stereocenters. The van der Waals surface area contributed by atoms with Gasteiger partial charge in [-0.3, -0.25) is 20.2 Å². The van der Waals surface area contributed by atoms with E-state index in [2.05, 4.69) is 0 Å². The van der Waals surface area contributed by atoms with Gasteiger partial charge in [-0.2, -0.15) is 0 Å². The zero-order chi connectivity index (χ0) is 19.3. The Bertz CT molecular complexity index is 804. The number of alkyl halides is 2. The number of rotatable bonds is 6. The third-order valence-electron chi connectivity index (χ3n) is 3.18. The lowest BCUT2D eigenvalue weighted by molar-refractivity contribution is -0.385. The predicted octanol–water partition coefficient (Wildman–Crippen LogP) is 4.56. The smallest absolute Gasteiger partial charge is 0.394 e. The molecule has 0 bridgehead atoms. The average Bonchev–Trinajstić information content (AvgIpc) is 2.61. The van der Waals surface area contributed by atoms with E-state index in [1.165, 1.54) is 24.3 Å². The van der Waals surface area contributed by atoms with Crippen LogP contribution in [-0.4, -0.2) is 16.0 Å². The fraction of sp³-hybridized carbons (Fsp3) is 0.133. The molecule has 2 aromatic carbocycles. The second-order valence-corrected chi connectivity index (χ2v) is 5.35. The first-order valence-electron chi connectivity index (χ1n) is 6.92. The number of non-ortho nitro benzene ring substituents is 2. The van der Waals surface area contributed by atoms with Gasteiger partial charge < -0.3 is 9.47 Å². The molecule has 0 N–H and O–H groups in total. The summed E-state index contributed by atoms with van der Waals surface area (Å²) >= 11 is 11.4. The van der Waals surface area contributed by atoms with Crippen molar-refractivity contribution in [2.75, 3.05) is 0 Å². The summed E-state index contributed by atoms with van der Waals surface area (Å²) in [5.74, 6) is -0.279. The molecule has 0 spiro atoms. The largest absolute Gasteiger partial charge is 0.519 e. The highest BCUT2D eigenvalue weighted by atomic mass is 35.5. The van der Waals surface area contributed by atoms with Gasteiger partial charge in [0.05, 0.1) is 21.6 Å². The van der Waals surface area contributed by atoms with Crippen molar-refractivity contribution in [3.8, 4) is 11.5 Å². The van der Waals surface area contributed by atoms with E-state index in [0.717, 1.165) is 12.1 Å². The van der Waals surface area contributed by atoms with Crippen molar-refractivity contribution in [1.82, 2.24) is 0 Å². The van der Waals surface area contributed by atoms with E-state index >= 15 is 0 Å². The third kappa shape index (κ3) is 4.58. The molecular formula is C15H10Cl2N2O7. The van der Waals surface area contributed by atoms with Gasteiger partial charge >= 0.3 is 6.16 Å². The standard InChI is InChI=1S/C15H10Cl2N2O7/c16-7-9-5-11(18(21)22)1-3-13(9)25-15(20)26-14-4-2-12(19(23)24)6-10(14)8-17/h1-6H,7-8H2. The first-order chi connectivity index (χ1) is 12.3. The van der Waals surface area contributed by atoms with E-state index in [1.54, 1.807) is 0 Å². The van der Waals surface area contributed by atoms with Crippen molar-refractivity contribution in [1.29, 1.82) is 0 Å². The summed E-state index contributed by atoms with van der Waals surface area (Å²) in [6, 6.07) is 7.08. The van der Waals surface area contributed by atoms with E-state index in [9.17, 15) is 25.0 Å². The maximum absolute atomic E-state index is 12.0. The van der Waals surface area contributed by atoms with Crippen molar-refractivity contribution >= 4 is 40.7 Å². The first-order valence-corrected chi connectivity index (χ1v) is 7.98. The highest BCUT2D eigenvalue weighted by Crippen LogP contribution is 2.28. The molecule has 0 aliphatic carbocycles. The number of nitro benzene ring substituents is 2. The predicted molar refractivity (Wildman–Crippen MR) is 92.0 cm³/mol. The number of benzene rings is 2. The maximum Gasteiger partial charge on any atom is 0.519 e. The summed E-state index contributed by atoms with van der Waals surface area (Å²) in [5, 5.41) is 21.5. The molecule has 26 heavy (non-hydrogen) atoms. The van der Waals surface area contributed by atoms with Gasteiger partial charge in [-0.25, -0.2) is 4.79 Å². The summed E-state index contributed by atoms with van der Waals surface area (Å²) in [4.78, 5) is 32.3. The highest BCUT2D eigenvalue weighted by molar-refractivity contribution is 6.17. The molecule has 0 saturated heterocycles. The first kappa shape index (κ1) is 19.4. The summed E-state index contributed by atoms with van der Waals surface area (Å²) in [7, 11) is 0. The number of ether oxygens (including phenoxy) is 2. The number of carbonyl (C=O) groups is 1. The number of hydrogen-bond donors (Lipinski definition) is 0. The second-order valence-electron chi connectivity index (χ2n) is 4.82. The topological polar surface area (TPSA) is 122 Å². The van der Waals surface area contributed by atoms with Crippen LogP contribution in [0.25, 0.3) is 0 Å². The van der Waals surface area contributed by atoms with Crippen LogP contribution < -0.4 is 9.47 Å². The molecule has 0 radical (unpaired) electrons. The maximum atomic E-state index is 12.0. The van der Waals surface area contributed by atoms with Gasteiger partial charge in [-0.15, -0.1) is 23.2 Å². The lowest BCUT2D eigenvalue weighted by Gasteiger charge is -2.10. The van der Waals surface area contributed by atoms with Gasteiger partial charge in [0.1, 0.15) is 11.5 Å². The van der Waals surface area contributed by atoms with Gasteiger partial charge in [0.15, 0.2) is 0 Å². The van der Waals surface area contributed by atoms with Crippen LogP contribution in [0.3, 0.4) is 0 Å². The van der Waals surface area contributed by atoms with Crippen molar-refractivity contribution in [3.05, 3.63) is 67.8 Å². The minimum absolute atomic E-state index is 0.00932. The monoisotopic (exact) mass is 400 g/mol. The van der Waals surface area contributed by atoms with Gasteiger partial charge in [0.2, 0.25) is 0 Å². The van der Waals surface area contributed by atoms with E-state index in [1.807, 2.05) is 0 Å². The normalized spacial score (nSPS) is 10.2. The molecule has 0 aliphatic heterocycles. The minimum Gasteiger partial charge on any atom is -0.394 e. The van der Waals surface area contributed by atoms with Crippen LogP contribution in [0, 0.1) is 20.2 Å². The van der Waals surface area contributed by atoms with Crippen LogP contribution in [0.5, 0.6) is 11.5 Å². The molecule has 0 fully saturated rings. The number of nitro groups is 2. The van der Waals surface area contributed by atoms with Gasteiger partial charge in [-0.05, 0) is 12.1 Å². The molecule has 0 aliphatic rings. The number of halogens is 2. The lowest BCUT2D eigenvalue weighted by Crippen LogP contribution is -2.15. The van der Waals surface area contributed by atoms with Crippen molar-refractivity contribution < 1.29 is 24.1 Å². The molecule has 2 rings (SSSR count). The minimum atomic E-state index is -1.15. The SMILES string of the molecule is O=C(Oc1ccc([N+](=O)[O-])cc1CCl)Oc1ccc([N+](=O)[O-])cc1CCl. The molecule has 9 nitrogen and oxygen atoms in total. The van der Waals surface area contributed by atoms with E-state index in [4.69, 9.17) is 32.7 Å². The Morgan fingerprint density at radius 2 is 1.23 bits per heavy atom. The van der Waals surface area contributed by atoms with Crippen molar-refractivity contribution in [2.24, 2.45) is 0 Å². The molecule has 136 valence electrons. The fourth-order valence-corrected chi connectivity index (χ4v) is 2.38. The van der Waals surface area contributed by atoms with Crippen LogP contribution in [0.4, 0.5) is 16.2 Å². The van der Waals surface area contributed by atoms with Gasteiger partial charge in [-0.1, -0.05) is 0 Å². The molecule has 0 saturated carbocycles. The van der Waals surface area contributed by atoms with Gasteiger partial charge in [0.25, 0.3) is 11.4 Å². The lowest BCUT2D eigenvalue weighted by atomic mass is 10.2. The fourth-order valence-electron chi connectivity index (χ4n) is 1.97. The second kappa shape index (κ2) is 8.45. The molecule has 0 unspecified atom stereocenters. The van der Waals surface area contributed by atoms with Gasteiger partial charge in [0, 0.05) is 35.4 Å². The molecule has 0 aromatic heterocycles.